The molecule has 112 valence electrons. The number of aromatic nitrogens is 3. The molecule has 5 N–H and O–H groups in total. The Bertz CT molecular complexity index is 865. The number of hydrogen-bond acceptors (Lipinski definition) is 6. The minimum atomic E-state index is -0.679. The molecule has 0 aliphatic rings. The molecule has 2 aromatic heterocycles. The van der Waals surface area contributed by atoms with Crippen LogP contribution in [0.25, 0.3) is 11.0 Å². The normalized spacial score (nSPS) is 10.8. The van der Waals surface area contributed by atoms with Gasteiger partial charge in [0.25, 0.3) is 5.91 Å². The predicted molar refractivity (Wildman–Crippen MR) is 78.0 cm³/mol. The van der Waals surface area contributed by atoms with Crippen LogP contribution in [0.3, 0.4) is 0 Å². The number of H-pyrrole nitrogens is 1. The fourth-order valence-electron chi connectivity index (χ4n) is 2.01. The number of anilines is 1. The molecule has 0 spiro atoms. The molecule has 0 atom stereocenters. The van der Waals surface area contributed by atoms with Gasteiger partial charge >= 0.3 is 0 Å². The first-order chi connectivity index (χ1) is 10.5. The second-order valence-corrected chi connectivity index (χ2v) is 4.74. The number of aromatic hydroxyl groups is 3. The van der Waals surface area contributed by atoms with E-state index in [9.17, 15) is 20.1 Å². The number of hydrogen-bond donors (Lipinski definition) is 5. The first-order valence-corrected chi connectivity index (χ1v) is 6.33. The highest BCUT2D eigenvalue weighted by Crippen LogP contribution is 2.35. The summed E-state index contributed by atoms with van der Waals surface area (Å²) in [6, 6.07) is 5.64. The smallest absolute Gasteiger partial charge is 0.257 e. The van der Waals surface area contributed by atoms with Gasteiger partial charge in [0.15, 0.2) is 28.7 Å². The standard InChI is InChI=1S/C14H12N4O4/c1-6-2-3-8-12(15-6)17-18-13(8)16-14(22)7-4-9(19)11(21)10(20)5-7/h2-5,19-21H,1H3,(H2,15,16,17,18,22). The second-order valence-electron chi connectivity index (χ2n) is 4.74. The Morgan fingerprint density at radius 3 is 2.55 bits per heavy atom. The van der Waals surface area contributed by atoms with Crippen molar-refractivity contribution in [2.75, 3.05) is 5.32 Å². The first kappa shape index (κ1) is 13.7. The van der Waals surface area contributed by atoms with E-state index in [1.54, 1.807) is 12.1 Å². The lowest BCUT2D eigenvalue weighted by molar-refractivity contribution is 0.102. The molecule has 0 bridgehead atoms. The minimum absolute atomic E-state index is 0.0241. The third kappa shape index (κ3) is 2.26. The molecule has 3 aromatic rings. The van der Waals surface area contributed by atoms with Crippen LogP contribution >= 0.6 is 0 Å². The van der Waals surface area contributed by atoms with E-state index in [0.717, 1.165) is 17.8 Å². The number of carbonyl (C=O) groups is 1. The van der Waals surface area contributed by atoms with Gasteiger partial charge in [-0.25, -0.2) is 4.98 Å². The zero-order valence-corrected chi connectivity index (χ0v) is 11.5. The summed E-state index contributed by atoms with van der Waals surface area (Å²) in [5.74, 6) is -2.18. The highest BCUT2D eigenvalue weighted by atomic mass is 16.3. The van der Waals surface area contributed by atoms with Crippen molar-refractivity contribution in [1.82, 2.24) is 15.2 Å². The van der Waals surface area contributed by atoms with Gasteiger partial charge in [-0.2, -0.15) is 5.10 Å². The van der Waals surface area contributed by atoms with E-state index < -0.39 is 23.2 Å². The molecule has 0 radical (unpaired) electrons. The van der Waals surface area contributed by atoms with Gasteiger partial charge in [-0.15, -0.1) is 0 Å². The fraction of sp³-hybridized carbons (Fsp3) is 0.0714. The van der Waals surface area contributed by atoms with Gasteiger partial charge in [-0.1, -0.05) is 0 Å². The summed E-state index contributed by atoms with van der Waals surface area (Å²) in [5, 5.41) is 38.0. The Balaban J connectivity index is 1.93. The minimum Gasteiger partial charge on any atom is -0.504 e. The molecule has 0 fully saturated rings. The van der Waals surface area contributed by atoms with Gasteiger partial charge in [0, 0.05) is 11.3 Å². The number of pyridine rings is 1. The van der Waals surface area contributed by atoms with E-state index in [1.165, 1.54) is 0 Å². The third-order valence-corrected chi connectivity index (χ3v) is 3.13. The van der Waals surface area contributed by atoms with Gasteiger partial charge < -0.3 is 20.6 Å². The molecule has 0 unspecified atom stereocenters. The number of aryl methyl sites for hydroxylation is 1. The summed E-state index contributed by atoms with van der Waals surface area (Å²) < 4.78 is 0. The van der Waals surface area contributed by atoms with Gasteiger partial charge in [-0.05, 0) is 31.2 Å². The average Bonchev–Trinajstić information content (AvgIpc) is 2.86. The largest absolute Gasteiger partial charge is 0.504 e. The number of fused-ring (bicyclic) bond motifs is 1. The van der Waals surface area contributed by atoms with Crippen molar-refractivity contribution in [2.24, 2.45) is 0 Å². The summed E-state index contributed by atoms with van der Waals surface area (Å²) in [4.78, 5) is 16.4. The van der Waals surface area contributed by atoms with E-state index >= 15 is 0 Å². The van der Waals surface area contributed by atoms with Crippen molar-refractivity contribution in [2.45, 2.75) is 6.92 Å². The van der Waals surface area contributed by atoms with Gasteiger partial charge in [0.05, 0.1) is 5.39 Å². The monoisotopic (exact) mass is 300 g/mol. The molecule has 1 aromatic carbocycles. The lowest BCUT2D eigenvalue weighted by Crippen LogP contribution is -2.12. The number of carbonyl (C=O) groups excluding carboxylic acids is 1. The summed E-state index contributed by atoms with van der Waals surface area (Å²) in [6.45, 7) is 1.83. The molecular weight excluding hydrogens is 288 g/mol. The molecule has 2 heterocycles. The number of nitrogens with one attached hydrogen (secondary N) is 2. The van der Waals surface area contributed by atoms with Crippen molar-refractivity contribution in [3.63, 3.8) is 0 Å². The van der Waals surface area contributed by atoms with Crippen LogP contribution in [0, 0.1) is 6.92 Å². The van der Waals surface area contributed by atoms with Crippen LogP contribution in [0.15, 0.2) is 24.3 Å². The van der Waals surface area contributed by atoms with Crippen LogP contribution < -0.4 is 5.32 Å². The highest BCUT2D eigenvalue weighted by Gasteiger charge is 2.16. The lowest BCUT2D eigenvalue weighted by atomic mass is 10.1. The fourth-order valence-corrected chi connectivity index (χ4v) is 2.01. The first-order valence-electron chi connectivity index (χ1n) is 6.33. The Hall–Kier alpha value is -3.29. The molecule has 1 amide bonds. The van der Waals surface area contributed by atoms with E-state index in [1.807, 2.05) is 6.92 Å². The summed E-state index contributed by atoms with van der Waals surface area (Å²) in [6.07, 6.45) is 0. The van der Waals surface area contributed by atoms with E-state index in [-0.39, 0.29) is 11.4 Å². The summed E-state index contributed by atoms with van der Waals surface area (Å²) >= 11 is 0. The molecule has 8 nitrogen and oxygen atoms in total. The Morgan fingerprint density at radius 1 is 1.18 bits per heavy atom. The lowest BCUT2D eigenvalue weighted by Gasteiger charge is -2.06. The Labute approximate surface area is 124 Å². The molecule has 0 aliphatic carbocycles. The van der Waals surface area contributed by atoms with Crippen LogP contribution in [-0.4, -0.2) is 36.4 Å². The van der Waals surface area contributed by atoms with Crippen molar-refractivity contribution in [3.8, 4) is 17.2 Å². The maximum absolute atomic E-state index is 12.1. The van der Waals surface area contributed by atoms with Crippen LogP contribution in [-0.2, 0) is 0 Å². The topological polar surface area (TPSA) is 131 Å². The number of amides is 1. The van der Waals surface area contributed by atoms with E-state index in [2.05, 4.69) is 20.5 Å². The molecule has 3 rings (SSSR count). The Morgan fingerprint density at radius 2 is 1.86 bits per heavy atom. The molecule has 8 heteroatoms. The molecular formula is C14H12N4O4. The van der Waals surface area contributed by atoms with E-state index in [0.29, 0.717) is 11.0 Å². The Kier molecular flexibility index (Phi) is 3.06. The maximum atomic E-state index is 12.1. The molecule has 0 aliphatic heterocycles. The third-order valence-electron chi connectivity index (χ3n) is 3.13. The summed E-state index contributed by atoms with van der Waals surface area (Å²) in [7, 11) is 0. The quantitative estimate of drug-likeness (QED) is 0.457. The number of rotatable bonds is 2. The second kappa shape index (κ2) is 4.92. The number of nitrogens with zero attached hydrogens (tertiary/aromatic N) is 2. The zero-order chi connectivity index (χ0) is 15.9. The SMILES string of the molecule is Cc1ccc2c(NC(=O)c3cc(O)c(O)c(O)c3)n[nH]c2n1. The van der Waals surface area contributed by atoms with Crippen molar-refractivity contribution in [3.05, 3.63) is 35.5 Å². The average molecular weight is 300 g/mol. The zero-order valence-electron chi connectivity index (χ0n) is 11.5. The molecule has 0 saturated carbocycles. The highest BCUT2D eigenvalue weighted by molar-refractivity contribution is 6.08. The van der Waals surface area contributed by atoms with Crippen LogP contribution in [0.1, 0.15) is 16.1 Å². The maximum Gasteiger partial charge on any atom is 0.257 e. The predicted octanol–water partition coefficient (Wildman–Crippen LogP) is 1.64. The van der Waals surface area contributed by atoms with Gasteiger partial charge in [-0.3, -0.25) is 9.89 Å². The van der Waals surface area contributed by atoms with Crippen LogP contribution in [0.2, 0.25) is 0 Å². The van der Waals surface area contributed by atoms with Gasteiger partial charge in [0.1, 0.15) is 0 Å². The van der Waals surface area contributed by atoms with Crippen molar-refractivity contribution < 1.29 is 20.1 Å². The number of phenols is 3. The van der Waals surface area contributed by atoms with E-state index in [4.69, 9.17) is 0 Å². The number of benzene rings is 1. The van der Waals surface area contributed by atoms with Crippen LogP contribution in [0.5, 0.6) is 17.2 Å². The summed E-state index contributed by atoms with van der Waals surface area (Å²) in [5.41, 5.74) is 1.32. The van der Waals surface area contributed by atoms with Crippen molar-refractivity contribution in [1.29, 1.82) is 0 Å². The number of phenolic OH excluding ortho intramolecular Hbond substituents is 3. The van der Waals surface area contributed by atoms with Gasteiger partial charge in [0.2, 0.25) is 0 Å². The van der Waals surface area contributed by atoms with Crippen LogP contribution in [0.4, 0.5) is 5.82 Å². The number of aromatic amines is 1. The molecule has 22 heavy (non-hydrogen) atoms. The molecule has 0 saturated heterocycles. The van der Waals surface area contributed by atoms with Crippen molar-refractivity contribution >= 4 is 22.8 Å².